The quantitative estimate of drug-likeness (QED) is 0.569. The van der Waals surface area contributed by atoms with Crippen LogP contribution >= 0.6 is 20.6 Å². The van der Waals surface area contributed by atoms with E-state index >= 15 is 0 Å². The van der Waals surface area contributed by atoms with Gasteiger partial charge in [-0.25, -0.2) is 0 Å². The molecule has 1 unspecified atom stereocenters. The van der Waals surface area contributed by atoms with Crippen LogP contribution in [0.3, 0.4) is 0 Å². The molecule has 0 amide bonds. The second kappa shape index (κ2) is 6.97. The van der Waals surface area contributed by atoms with Gasteiger partial charge in [-0.15, -0.1) is 0 Å². The van der Waals surface area contributed by atoms with E-state index in [2.05, 4.69) is 0 Å². The van der Waals surface area contributed by atoms with E-state index in [0.29, 0.717) is 6.61 Å². The molecule has 14 heavy (non-hydrogen) atoms. The third-order valence-electron chi connectivity index (χ3n) is 1.52. The molecule has 2 nitrogen and oxygen atoms in total. The Kier molecular flexibility index (Phi) is 5.81. The van der Waals surface area contributed by atoms with E-state index in [-0.39, 0.29) is 9.03 Å². The summed E-state index contributed by atoms with van der Waals surface area (Å²) >= 11 is 5.95. The molecular formula is C10H12ClO2P. The van der Waals surface area contributed by atoms with E-state index in [9.17, 15) is 0 Å². The first-order chi connectivity index (χ1) is 6.84. The minimum absolute atomic E-state index is 0.0954. The van der Waals surface area contributed by atoms with Crippen LogP contribution in [-0.2, 0) is 9.05 Å². The Morgan fingerprint density at radius 1 is 1.43 bits per heavy atom. The van der Waals surface area contributed by atoms with Crippen LogP contribution in [0.25, 0.3) is 6.08 Å². The largest absolute Gasteiger partial charge is 0.340 e. The molecule has 0 spiro atoms. The lowest BCUT2D eigenvalue weighted by atomic mass is 10.2. The highest BCUT2D eigenvalue weighted by Gasteiger charge is 1.92. The van der Waals surface area contributed by atoms with Gasteiger partial charge in [-0.1, -0.05) is 42.0 Å². The zero-order valence-electron chi connectivity index (χ0n) is 7.87. The second-order valence-electron chi connectivity index (χ2n) is 2.52. The van der Waals surface area contributed by atoms with Gasteiger partial charge in [0.05, 0.1) is 6.61 Å². The lowest BCUT2D eigenvalue weighted by Crippen LogP contribution is -1.79. The molecule has 0 fully saturated rings. The number of rotatable bonds is 5. The summed E-state index contributed by atoms with van der Waals surface area (Å²) in [6.07, 6.45) is 3.84. The molecule has 0 radical (unpaired) electrons. The highest BCUT2D eigenvalue weighted by molar-refractivity contribution is 7.26. The van der Waals surface area contributed by atoms with Crippen molar-refractivity contribution in [2.24, 2.45) is 0 Å². The SMILES string of the molecule is COPOC/C=C/c1ccccc1Cl. The lowest BCUT2D eigenvalue weighted by Gasteiger charge is -1.97. The van der Waals surface area contributed by atoms with Crippen molar-refractivity contribution >= 4 is 26.7 Å². The molecule has 0 aliphatic rings. The van der Waals surface area contributed by atoms with Gasteiger partial charge in [-0.2, -0.15) is 0 Å². The zero-order valence-corrected chi connectivity index (χ0v) is 9.62. The molecule has 0 N–H and O–H groups in total. The van der Waals surface area contributed by atoms with Gasteiger partial charge in [0.1, 0.15) is 0 Å². The van der Waals surface area contributed by atoms with Crippen LogP contribution in [0.4, 0.5) is 0 Å². The monoisotopic (exact) mass is 230 g/mol. The molecule has 0 heterocycles. The topological polar surface area (TPSA) is 18.5 Å². The van der Waals surface area contributed by atoms with Gasteiger partial charge in [-0.05, 0) is 11.6 Å². The number of hydrogen-bond donors (Lipinski definition) is 0. The van der Waals surface area contributed by atoms with E-state index in [1.165, 1.54) is 0 Å². The molecule has 0 saturated carbocycles. The second-order valence-corrected chi connectivity index (χ2v) is 3.79. The standard InChI is InChI=1S/C10H12ClO2P/c1-12-14-13-8-4-6-9-5-2-3-7-10(9)11/h2-7,14H,8H2,1H3/b6-4+. The van der Waals surface area contributed by atoms with Gasteiger partial charge in [0.15, 0.2) is 9.03 Å². The minimum Gasteiger partial charge on any atom is -0.340 e. The third-order valence-corrected chi connectivity index (χ3v) is 2.32. The van der Waals surface area contributed by atoms with Crippen molar-refractivity contribution < 1.29 is 9.05 Å². The molecular weight excluding hydrogens is 219 g/mol. The maximum absolute atomic E-state index is 5.95. The van der Waals surface area contributed by atoms with Crippen LogP contribution in [0.15, 0.2) is 30.3 Å². The van der Waals surface area contributed by atoms with Gasteiger partial charge >= 0.3 is 0 Å². The van der Waals surface area contributed by atoms with Crippen LogP contribution in [0, 0.1) is 0 Å². The normalized spacial score (nSPS) is 11.9. The van der Waals surface area contributed by atoms with Crippen molar-refractivity contribution in [3.05, 3.63) is 40.9 Å². The number of hydrogen-bond acceptors (Lipinski definition) is 2. The van der Waals surface area contributed by atoms with Crippen molar-refractivity contribution in [1.29, 1.82) is 0 Å². The molecule has 0 aromatic heterocycles. The Bertz CT molecular complexity index is 302. The molecule has 1 atom stereocenters. The summed E-state index contributed by atoms with van der Waals surface area (Å²) in [6, 6.07) is 7.67. The van der Waals surface area contributed by atoms with Gasteiger partial charge < -0.3 is 9.05 Å². The molecule has 1 rings (SSSR count). The average molecular weight is 231 g/mol. The molecule has 0 aliphatic heterocycles. The van der Waals surface area contributed by atoms with Crippen molar-refractivity contribution in [3.8, 4) is 0 Å². The number of benzene rings is 1. The number of halogens is 1. The fourth-order valence-corrected chi connectivity index (χ4v) is 1.41. The maximum atomic E-state index is 5.95. The van der Waals surface area contributed by atoms with Crippen LogP contribution in [-0.4, -0.2) is 13.7 Å². The summed E-state index contributed by atoms with van der Waals surface area (Å²) in [4.78, 5) is 0. The third kappa shape index (κ3) is 4.21. The molecule has 0 aliphatic carbocycles. The van der Waals surface area contributed by atoms with Crippen molar-refractivity contribution in [2.45, 2.75) is 0 Å². The Morgan fingerprint density at radius 2 is 2.21 bits per heavy atom. The summed E-state index contributed by atoms with van der Waals surface area (Å²) in [6.45, 7) is 0.539. The van der Waals surface area contributed by atoms with E-state index in [4.69, 9.17) is 20.6 Å². The van der Waals surface area contributed by atoms with Crippen molar-refractivity contribution in [1.82, 2.24) is 0 Å². The summed E-state index contributed by atoms with van der Waals surface area (Å²) < 4.78 is 9.88. The highest BCUT2D eigenvalue weighted by Crippen LogP contribution is 2.16. The summed E-state index contributed by atoms with van der Waals surface area (Å²) in [7, 11) is 1.70. The Balaban J connectivity index is 2.40. The smallest absolute Gasteiger partial charge is 0.155 e. The predicted molar refractivity (Wildman–Crippen MR) is 61.8 cm³/mol. The van der Waals surface area contributed by atoms with Gasteiger partial charge in [0.25, 0.3) is 0 Å². The molecule has 4 heteroatoms. The molecule has 0 saturated heterocycles. The molecule has 76 valence electrons. The van der Waals surface area contributed by atoms with Gasteiger partial charge in [-0.3, -0.25) is 0 Å². The summed E-state index contributed by atoms with van der Waals surface area (Å²) in [5.74, 6) is 0. The van der Waals surface area contributed by atoms with Crippen LogP contribution < -0.4 is 0 Å². The molecule has 1 aromatic carbocycles. The Hall–Kier alpha value is -0.400. The van der Waals surface area contributed by atoms with Crippen LogP contribution in [0.2, 0.25) is 5.02 Å². The highest BCUT2D eigenvalue weighted by atomic mass is 35.5. The first kappa shape index (κ1) is 11.7. The first-order valence-electron chi connectivity index (χ1n) is 4.15. The van der Waals surface area contributed by atoms with Crippen molar-refractivity contribution in [2.75, 3.05) is 13.7 Å². The summed E-state index contributed by atoms with van der Waals surface area (Å²) in [5, 5.41) is 0.748. The fourth-order valence-electron chi connectivity index (χ4n) is 0.926. The van der Waals surface area contributed by atoms with E-state index in [0.717, 1.165) is 10.6 Å². The average Bonchev–Trinajstić information content (AvgIpc) is 2.20. The Labute approximate surface area is 90.8 Å². The maximum Gasteiger partial charge on any atom is 0.155 e. The molecule has 0 bridgehead atoms. The van der Waals surface area contributed by atoms with E-state index < -0.39 is 0 Å². The van der Waals surface area contributed by atoms with Gasteiger partial charge in [0, 0.05) is 12.1 Å². The van der Waals surface area contributed by atoms with E-state index in [1.54, 1.807) is 7.11 Å². The van der Waals surface area contributed by atoms with E-state index in [1.807, 2.05) is 36.4 Å². The van der Waals surface area contributed by atoms with Gasteiger partial charge in [0.2, 0.25) is 0 Å². The fraction of sp³-hybridized carbons (Fsp3) is 0.200. The molecule has 1 aromatic rings. The van der Waals surface area contributed by atoms with Crippen molar-refractivity contribution in [3.63, 3.8) is 0 Å². The predicted octanol–water partition coefficient (Wildman–Crippen LogP) is 3.52. The van der Waals surface area contributed by atoms with Crippen LogP contribution in [0.5, 0.6) is 0 Å². The van der Waals surface area contributed by atoms with Crippen LogP contribution in [0.1, 0.15) is 5.56 Å². The Morgan fingerprint density at radius 3 is 2.93 bits per heavy atom. The zero-order chi connectivity index (χ0) is 10.2. The first-order valence-corrected chi connectivity index (χ1v) is 5.35. The summed E-state index contributed by atoms with van der Waals surface area (Å²) in [5.41, 5.74) is 0.999. The minimum atomic E-state index is 0.0954. The lowest BCUT2D eigenvalue weighted by molar-refractivity contribution is 0.333.